The predicted molar refractivity (Wildman–Crippen MR) is 57.2 cm³/mol. The molecule has 0 aliphatic carbocycles. The zero-order chi connectivity index (χ0) is 9.23. The van der Waals surface area contributed by atoms with E-state index in [4.69, 9.17) is 0 Å². The fraction of sp³-hybridized carbons (Fsp3) is 0.500. The third-order valence-electron chi connectivity index (χ3n) is 1.86. The van der Waals surface area contributed by atoms with Crippen LogP contribution < -0.4 is 0 Å². The maximum Gasteiger partial charge on any atom is -0.0138 e. The van der Waals surface area contributed by atoms with Crippen molar-refractivity contribution < 1.29 is 0 Å². The van der Waals surface area contributed by atoms with E-state index < -0.39 is 0 Å². The molecule has 0 fully saturated rings. The SMILES string of the molecule is C=C/C=C(\CC=C)CCCCC. The first kappa shape index (κ1) is 11.2. The minimum absolute atomic E-state index is 1.01. The predicted octanol–water partition coefficient (Wildman–Crippen LogP) is 4.26. The van der Waals surface area contributed by atoms with Gasteiger partial charge in [0.05, 0.1) is 0 Å². The molecule has 0 saturated carbocycles. The summed E-state index contributed by atoms with van der Waals surface area (Å²) in [5.74, 6) is 0. The van der Waals surface area contributed by atoms with Gasteiger partial charge in [-0.1, -0.05) is 50.1 Å². The molecule has 0 rings (SSSR count). The van der Waals surface area contributed by atoms with Gasteiger partial charge in [-0.15, -0.1) is 6.58 Å². The third kappa shape index (κ3) is 5.96. The second-order valence-electron chi connectivity index (χ2n) is 3.01. The smallest absolute Gasteiger partial charge is 0.0138 e. The van der Waals surface area contributed by atoms with E-state index in [0.29, 0.717) is 0 Å². The van der Waals surface area contributed by atoms with Gasteiger partial charge in [0.25, 0.3) is 0 Å². The normalized spacial score (nSPS) is 11.2. The maximum absolute atomic E-state index is 3.74. The van der Waals surface area contributed by atoms with Crippen LogP contribution in [0.25, 0.3) is 0 Å². The van der Waals surface area contributed by atoms with Gasteiger partial charge in [-0.05, 0) is 19.3 Å². The summed E-state index contributed by atoms with van der Waals surface area (Å²) in [6.45, 7) is 9.66. The fourth-order valence-corrected chi connectivity index (χ4v) is 1.21. The number of hydrogen-bond donors (Lipinski definition) is 0. The second kappa shape index (κ2) is 8.32. The summed E-state index contributed by atoms with van der Waals surface area (Å²) in [6, 6.07) is 0. The minimum Gasteiger partial charge on any atom is -0.103 e. The van der Waals surface area contributed by atoms with Gasteiger partial charge in [0.2, 0.25) is 0 Å². The van der Waals surface area contributed by atoms with Crippen molar-refractivity contribution in [1.29, 1.82) is 0 Å². The van der Waals surface area contributed by atoms with E-state index in [1.807, 2.05) is 12.2 Å². The van der Waals surface area contributed by atoms with Crippen molar-refractivity contribution in [1.82, 2.24) is 0 Å². The molecule has 0 aromatic rings. The fourth-order valence-electron chi connectivity index (χ4n) is 1.21. The zero-order valence-electron chi connectivity index (χ0n) is 8.18. The third-order valence-corrected chi connectivity index (χ3v) is 1.86. The molecule has 0 amide bonds. The lowest BCUT2D eigenvalue weighted by Gasteiger charge is -2.02. The van der Waals surface area contributed by atoms with Crippen LogP contribution in [0.15, 0.2) is 37.0 Å². The molecule has 0 heteroatoms. The van der Waals surface area contributed by atoms with Gasteiger partial charge in [-0.3, -0.25) is 0 Å². The molecule has 0 radical (unpaired) electrons. The van der Waals surface area contributed by atoms with Gasteiger partial charge >= 0.3 is 0 Å². The zero-order valence-corrected chi connectivity index (χ0v) is 8.18. The van der Waals surface area contributed by atoms with Crippen LogP contribution in [0, 0.1) is 0 Å². The standard InChI is InChI=1S/C12H20/c1-4-7-8-11-12(9-5-2)10-6-3/h5-6,9H,2-4,7-8,10-11H2,1H3/b12-9+. The Morgan fingerprint density at radius 2 is 2.00 bits per heavy atom. The first-order valence-corrected chi connectivity index (χ1v) is 4.76. The molecule has 0 aromatic heterocycles. The lowest BCUT2D eigenvalue weighted by Crippen LogP contribution is -1.82. The average molecular weight is 164 g/mol. The molecule has 68 valence electrons. The summed E-state index contributed by atoms with van der Waals surface area (Å²) in [4.78, 5) is 0. The van der Waals surface area contributed by atoms with E-state index in [1.54, 1.807) is 0 Å². The maximum atomic E-state index is 3.74. The van der Waals surface area contributed by atoms with Gasteiger partial charge in [-0.25, -0.2) is 0 Å². The molecule has 0 aromatic carbocycles. The molecule has 0 unspecified atom stereocenters. The van der Waals surface area contributed by atoms with Crippen molar-refractivity contribution in [3.05, 3.63) is 37.0 Å². The first-order valence-electron chi connectivity index (χ1n) is 4.76. The van der Waals surface area contributed by atoms with Crippen LogP contribution in [0.1, 0.15) is 39.0 Å². The van der Waals surface area contributed by atoms with E-state index in [0.717, 1.165) is 6.42 Å². The van der Waals surface area contributed by atoms with Gasteiger partial charge < -0.3 is 0 Å². The van der Waals surface area contributed by atoms with Crippen LogP contribution >= 0.6 is 0 Å². The summed E-state index contributed by atoms with van der Waals surface area (Å²) in [7, 11) is 0. The van der Waals surface area contributed by atoms with Gasteiger partial charge in [0.1, 0.15) is 0 Å². The molecular weight excluding hydrogens is 144 g/mol. The summed E-state index contributed by atoms with van der Waals surface area (Å²) >= 11 is 0. The van der Waals surface area contributed by atoms with E-state index >= 15 is 0 Å². The summed E-state index contributed by atoms with van der Waals surface area (Å²) in [5.41, 5.74) is 1.45. The quantitative estimate of drug-likeness (QED) is 0.300. The molecule has 0 heterocycles. The highest BCUT2D eigenvalue weighted by Crippen LogP contribution is 2.12. The van der Waals surface area contributed by atoms with Gasteiger partial charge in [0, 0.05) is 0 Å². The minimum atomic E-state index is 1.01. The lowest BCUT2D eigenvalue weighted by atomic mass is 10.0. The van der Waals surface area contributed by atoms with Crippen molar-refractivity contribution >= 4 is 0 Å². The molecule has 0 nitrogen and oxygen atoms in total. The van der Waals surface area contributed by atoms with Gasteiger partial charge in [0.15, 0.2) is 0 Å². The van der Waals surface area contributed by atoms with Crippen molar-refractivity contribution in [2.75, 3.05) is 0 Å². The summed E-state index contributed by atoms with van der Waals surface area (Å²) in [6.07, 6.45) is 12.1. The van der Waals surface area contributed by atoms with Crippen LogP contribution in [0.4, 0.5) is 0 Å². The number of rotatable bonds is 7. The number of hydrogen-bond acceptors (Lipinski definition) is 0. The Morgan fingerprint density at radius 1 is 1.25 bits per heavy atom. The molecule has 0 N–H and O–H groups in total. The van der Waals surface area contributed by atoms with Crippen molar-refractivity contribution in [2.45, 2.75) is 39.0 Å². The highest BCUT2D eigenvalue weighted by atomic mass is 14.0. The Bertz CT molecular complexity index is 151. The van der Waals surface area contributed by atoms with Crippen LogP contribution in [0.3, 0.4) is 0 Å². The Morgan fingerprint density at radius 3 is 2.50 bits per heavy atom. The van der Waals surface area contributed by atoms with Crippen LogP contribution in [-0.4, -0.2) is 0 Å². The topological polar surface area (TPSA) is 0 Å². The summed E-state index contributed by atoms with van der Waals surface area (Å²) in [5, 5.41) is 0. The molecule has 0 spiro atoms. The Labute approximate surface area is 76.7 Å². The largest absolute Gasteiger partial charge is 0.103 e. The van der Waals surface area contributed by atoms with Crippen molar-refractivity contribution in [3.8, 4) is 0 Å². The molecule has 0 saturated heterocycles. The van der Waals surface area contributed by atoms with Gasteiger partial charge in [-0.2, -0.15) is 0 Å². The molecule has 0 atom stereocenters. The van der Waals surface area contributed by atoms with E-state index in [9.17, 15) is 0 Å². The molecule has 12 heavy (non-hydrogen) atoms. The number of unbranched alkanes of at least 4 members (excludes halogenated alkanes) is 2. The Hall–Kier alpha value is -0.780. The monoisotopic (exact) mass is 164 g/mol. The Kier molecular flexibility index (Phi) is 7.78. The highest BCUT2D eigenvalue weighted by molar-refractivity contribution is 5.12. The van der Waals surface area contributed by atoms with Crippen LogP contribution in [0.2, 0.25) is 0 Å². The molecule has 0 aliphatic rings. The van der Waals surface area contributed by atoms with Crippen LogP contribution in [-0.2, 0) is 0 Å². The Balaban J connectivity index is 3.70. The van der Waals surface area contributed by atoms with E-state index in [-0.39, 0.29) is 0 Å². The highest BCUT2D eigenvalue weighted by Gasteiger charge is 1.93. The lowest BCUT2D eigenvalue weighted by molar-refractivity contribution is 0.707. The first-order chi connectivity index (χ1) is 5.85. The molecule has 0 bridgehead atoms. The van der Waals surface area contributed by atoms with Crippen molar-refractivity contribution in [3.63, 3.8) is 0 Å². The van der Waals surface area contributed by atoms with Crippen molar-refractivity contribution in [2.24, 2.45) is 0 Å². The number of allylic oxidation sites excluding steroid dienone is 4. The average Bonchev–Trinajstić information content (AvgIpc) is 2.06. The van der Waals surface area contributed by atoms with E-state index in [1.165, 1.54) is 31.3 Å². The van der Waals surface area contributed by atoms with E-state index in [2.05, 4.69) is 26.2 Å². The second-order valence-corrected chi connectivity index (χ2v) is 3.01. The van der Waals surface area contributed by atoms with Crippen LogP contribution in [0.5, 0.6) is 0 Å². The summed E-state index contributed by atoms with van der Waals surface area (Å²) < 4.78 is 0. The molecular formula is C12H20. The molecule has 0 aliphatic heterocycles.